The van der Waals surface area contributed by atoms with Crippen LogP contribution in [-0.4, -0.2) is 30.4 Å². The number of carbonyl (C=O) groups is 2. The number of benzene rings is 1. The fourth-order valence-corrected chi connectivity index (χ4v) is 2.26. The highest BCUT2D eigenvalue weighted by atomic mass is 16.5. The van der Waals surface area contributed by atoms with E-state index in [2.05, 4.69) is 4.74 Å². The lowest BCUT2D eigenvalue weighted by molar-refractivity contribution is -0.156. The first-order valence-corrected chi connectivity index (χ1v) is 6.13. The van der Waals surface area contributed by atoms with Crippen LogP contribution in [0.3, 0.4) is 0 Å². The molecule has 0 spiro atoms. The monoisotopic (exact) mass is 247 g/mol. The van der Waals surface area contributed by atoms with Gasteiger partial charge < -0.3 is 9.64 Å². The average Bonchev–Trinajstić information content (AvgIpc) is 2.41. The van der Waals surface area contributed by atoms with E-state index in [1.807, 2.05) is 30.3 Å². The molecule has 0 saturated carbocycles. The lowest BCUT2D eigenvalue weighted by Crippen LogP contribution is -2.44. The summed E-state index contributed by atoms with van der Waals surface area (Å²) in [6, 6.07) is 9.80. The van der Waals surface area contributed by atoms with E-state index in [1.54, 1.807) is 4.90 Å². The summed E-state index contributed by atoms with van der Waals surface area (Å²) in [5, 5.41) is 0. The van der Waals surface area contributed by atoms with Gasteiger partial charge in [0.1, 0.15) is 5.92 Å². The zero-order chi connectivity index (χ0) is 13.0. The number of carbonyl (C=O) groups excluding carboxylic acids is 2. The van der Waals surface area contributed by atoms with E-state index in [0.29, 0.717) is 19.5 Å². The van der Waals surface area contributed by atoms with E-state index in [9.17, 15) is 9.59 Å². The summed E-state index contributed by atoms with van der Waals surface area (Å²) in [7, 11) is 1.33. The molecule has 2 rings (SSSR count). The highest BCUT2D eigenvalue weighted by Gasteiger charge is 2.34. The molecule has 1 aliphatic rings. The maximum Gasteiger partial charge on any atom is 0.318 e. The quantitative estimate of drug-likeness (QED) is 0.602. The lowest BCUT2D eigenvalue weighted by Gasteiger charge is -2.31. The van der Waals surface area contributed by atoms with Crippen LogP contribution >= 0.6 is 0 Å². The third kappa shape index (κ3) is 2.70. The molecule has 4 heteroatoms. The molecule has 0 bridgehead atoms. The number of hydrogen-bond donors (Lipinski definition) is 0. The molecular weight excluding hydrogens is 230 g/mol. The summed E-state index contributed by atoms with van der Waals surface area (Å²) in [5.41, 5.74) is 1.08. The minimum Gasteiger partial charge on any atom is -0.468 e. The van der Waals surface area contributed by atoms with E-state index >= 15 is 0 Å². The largest absolute Gasteiger partial charge is 0.468 e. The Morgan fingerprint density at radius 2 is 2.11 bits per heavy atom. The van der Waals surface area contributed by atoms with Crippen molar-refractivity contribution >= 4 is 11.9 Å². The molecule has 1 aromatic carbocycles. The Morgan fingerprint density at radius 1 is 1.39 bits per heavy atom. The molecule has 1 heterocycles. The summed E-state index contributed by atoms with van der Waals surface area (Å²) in [4.78, 5) is 25.4. The highest BCUT2D eigenvalue weighted by Crippen LogP contribution is 2.21. The van der Waals surface area contributed by atoms with Crippen LogP contribution < -0.4 is 0 Å². The van der Waals surface area contributed by atoms with Crippen LogP contribution in [0.1, 0.15) is 18.4 Å². The molecule has 0 aromatic heterocycles. The predicted molar refractivity (Wildman–Crippen MR) is 66.6 cm³/mol. The maximum atomic E-state index is 12.2. The van der Waals surface area contributed by atoms with Crippen LogP contribution in [0.5, 0.6) is 0 Å². The van der Waals surface area contributed by atoms with Crippen LogP contribution in [0, 0.1) is 5.92 Å². The Hall–Kier alpha value is -1.84. The van der Waals surface area contributed by atoms with Gasteiger partial charge in [-0.1, -0.05) is 30.3 Å². The van der Waals surface area contributed by atoms with Gasteiger partial charge in [0, 0.05) is 13.1 Å². The highest BCUT2D eigenvalue weighted by molar-refractivity contribution is 5.98. The molecule has 1 atom stereocenters. The second-order valence-corrected chi connectivity index (χ2v) is 4.46. The zero-order valence-corrected chi connectivity index (χ0v) is 10.5. The average molecular weight is 247 g/mol. The molecule has 1 saturated heterocycles. The van der Waals surface area contributed by atoms with Crippen molar-refractivity contribution in [1.82, 2.24) is 4.90 Å². The lowest BCUT2D eigenvalue weighted by atomic mass is 9.96. The molecule has 1 aromatic rings. The standard InChI is InChI=1S/C14H17NO3/c1-18-14(17)12-8-5-9-15(13(12)16)10-11-6-3-2-4-7-11/h2-4,6-7,12H,5,8-10H2,1H3. The molecule has 96 valence electrons. The smallest absolute Gasteiger partial charge is 0.318 e. The maximum absolute atomic E-state index is 12.2. The van der Waals surface area contributed by atoms with Gasteiger partial charge in [-0.15, -0.1) is 0 Å². The molecule has 1 unspecified atom stereocenters. The number of ether oxygens (including phenoxy) is 1. The molecule has 18 heavy (non-hydrogen) atoms. The van der Waals surface area contributed by atoms with Gasteiger partial charge in [0.2, 0.25) is 5.91 Å². The van der Waals surface area contributed by atoms with Gasteiger partial charge in [-0.3, -0.25) is 9.59 Å². The molecule has 0 aliphatic carbocycles. The normalized spacial score (nSPS) is 19.7. The molecule has 1 amide bonds. The SMILES string of the molecule is COC(=O)C1CCCN(Cc2ccccc2)C1=O. The Kier molecular flexibility index (Phi) is 3.97. The topological polar surface area (TPSA) is 46.6 Å². The van der Waals surface area contributed by atoms with Crippen molar-refractivity contribution in [2.24, 2.45) is 5.92 Å². The van der Waals surface area contributed by atoms with Crippen molar-refractivity contribution in [3.05, 3.63) is 35.9 Å². The van der Waals surface area contributed by atoms with Crippen molar-refractivity contribution in [2.45, 2.75) is 19.4 Å². The van der Waals surface area contributed by atoms with Crippen molar-refractivity contribution in [2.75, 3.05) is 13.7 Å². The molecule has 1 fully saturated rings. The fourth-order valence-electron chi connectivity index (χ4n) is 2.26. The Bertz CT molecular complexity index is 430. The van der Waals surface area contributed by atoms with E-state index < -0.39 is 11.9 Å². The Morgan fingerprint density at radius 3 is 2.78 bits per heavy atom. The fraction of sp³-hybridized carbons (Fsp3) is 0.429. The van der Waals surface area contributed by atoms with E-state index in [4.69, 9.17) is 0 Å². The van der Waals surface area contributed by atoms with Gasteiger partial charge in [0.05, 0.1) is 7.11 Å². The minimum atomic E-state index is -0.618. The number of piperidine rings is 1. The third-order valence-electron chi connectivity index (χ3n) is 3.23. The van der Waals surface area contributed by atoms with E-state index in [0.717, 1.165) is 12.0 Å². The summed E-state index contributed by atoms with van der Waals surface area (Å²) in [6.07, 6.45) is 1.44. The van der Waals surface area contributed by atoms with Gasteiger partial charge >= 0.3 is 5.97 Å². The Balaban J connectivity index is 2.05. The van der Waals surface area contributed by atoms with E-state index in [1.165, 1.54) is 7.11 Å². The number of rotatable bonds is 3. The second-order valence-electron chi connectivity index (χ2n) is 4.46. The predicted octanol–water partition coefficient (Wildman–Crippen LogP) is 1.60. The van der Waals surface area contributed by atoms with Gasteiger partial charge in [0.25, 0.3) is 0 Å². The minimum absolute atomic E-state index is 0.114. The number of amides is 1. The number of methoxy groups -OCH3 is 1. The molecule has 1 aliphatic heterocycles. The number of hydrogen-bond acceptors (Lipinski definition) is 3. The van der Waals surface area contributed by atoms with Crippen molar-refractivity contribution < 1.29 is 14.3 Å². The summed E-state index contributed by atoms with van der Waals surface area (Å²) in [5.74, 6) is -1.15. The van der Waals surface area contributed by atoms with Crippen LogP contribution in [0.2, 0.25) is 0 Å². The van der Waals surface area contributed by atoms with Crippen molar-refractivity contribution in [3.8, 4) is 0 Å². The van der Waals surface area contributed by atoms with Gasteiger partial charge in [-0.25, -0.2) is 0 Å². The van der Waals surface area contributed by atoms with Gasteiger partial charge in [-0.05, 0) is 18.4 Å². The summed E-state index contributed by atoms with van der Waals surface area (Å²) < 4.78 is 4.67. The van der Waals surface area contributed by atoms with Crippen molar-refractivity contribution in [1.29, 1.82) is 0 Å². The van der Waals surface area contributed by atoms with Crippen LogP contribution in [0.15, 0.2) is 30.3 Å². The molecule has 0 radical (unpaired) electrons. The van der Waals surface area contributed by atoms with E-state index in [-0.39, 0.29) is 5.91 Å². The Labute approximate surface area is 107 Å². The van der Waals surface area contributed by atoms with Gasteiger partial charge in [0.15, 0.2) is 0 Å². The van der Waals surface area contributed by atoms with Crippen LogP contribution in [-0.2, 0) is 20.9 Å². The van der Waals surface area contributed by atoms with Gasteiger partial charge in [-0.2, -0.15) is 0 Å². The van der Waals surface area contributed by atoms with Crippen molar-refractivity contribution in [3.63, 3.8) is 0 Å². The first-order chi connectivity index (χ1) is 8.72. The summed E-state index contributed by atoms with van der Waals surface area (Å²) >= 11 is 0. The zero-order valence-electron chi connectivity index (χ0n) is 10.5. The van der Waals surface area contributed by atoms with Crippen LogP contribution in [0.4, 0.5) is 0 Å². The second kappa shape index (κ2) is 5.67. The third-order valence-corrected chi connectivity index (χ3v) is 3.23. The first kappa shape index (κ1) is 12.6. The number of esters is 1. The molecular formula is C14H17NO3. The molecule has 4 nitrogen and oxygen atoms in total. The summed E-state index contributed by atoms with van der Waals surface area (Å²) in [6.45, 7) is 1.27. The first-order valence-electron chi connectivity index (χ1n) is 6.13. The number of nitrogens with zero attached hydrogens (tertiary/aromatic N) is 1. The molecule has 0 N–H and O–H groups in total. The van der Waals surface area contributed by atoms with Crippen LogP contribution in [0.25, 0.3) is 0 Å². The number of likely N-dealkylation sites (tertiary alicyclic amines) is 1.